The molecular formula is C19H17N3OS2. The van der Waals surface area contributed by atoms with E-state index >= 15 is 0 Å². The molecule has 6 heteroatoms. The van der Waals surface area contributed by atoms with E-state index in [0.29, 0.717) is 19.4 Å². The van der Waals surface area contributed by atoms with Crippen LogP contribution in [0.1, 0.15) is 17.0 Å². The van der Waals surface area contributed by atoms with Crippen LogP contribution in [0.3, 0.4) is 0 Å². The zero-order chi connectivity index (χ0) is 17.1. The van der Waals surface area contributed by atoms with Gasteiger partial charge in [0.1, 0.15) is 0 Å². The fraction of sp³-hybridized carbons (Fsp3) is 0.158. The maximum absolute atomic E-state index is 12.1. The van der Waals surface area contributed by atoms with Gasteiger partial charge in [0.05, 0.1) is 12.2 Å². The summed E-state index contributed by atoms with van der Waals surface area (Å²) in [6.07, 6.45) is 3.25. The number of imidazole rings is 1. The van der Waals surface area contributed by atoms with Crippen molar-refractivity contribution in [1.82, 2.24) is 14.7 Å². The number of aromatic nitrogens is 2. The minimum Gasteiger partial charge on any atom is -0.351 e. The number of hydrogen-bond acceptors (Lipinski definition) is 4. The highest BCUT2D eigenvalue weighted by molar-refractivity contribution is 7.15. The molecule has 0 aliphatic carbocycles. The van der Waals surface area contributed by atoms with Crippen LogP contribution in [0.4, 0.5) is 0 Å². The van der Waals surface area contributed by atoms with Gasteiger partial charge in [-0.2, -0.15) is 0 Å². The van der Waals surface area contributed by atoms with Gasteiger partial charge >= 0.3 is 0 Å². The van der Waals surface area contributed by atoms with Crippen molar-refractivity contribution in [3.8, 4) is 11.3 Å². The van der Waals surface area contributed by atoms with E-state index in [9.17, 15) is 4.79 Å². The van der Waals surface area contributed by atoms with Crippen molar-refractivity contribution >= 4 is 33.5 Å². The number of thiophene rings is 1. The molecule has 4 aromatic rings. The van der Waals surface area contributed by atoms with Crippen molar-refractivity contribution in [2.24, 2.45) is 0 Å². The molecular weight excluding hydrogens is 350 g/mol. The van der Waals surface area contributed by atoms with Crippen molar-refractivity contribution in [3.05, 3.63) is 70.0 Å². The van der Waals surface area contributed by atoms with Crippen LogP contribution in [0, 0.1) is 0 Å². The molecule has 0 radical (unpaired) electrons. The Bertz CT molecular complexity index is 971. The first-order chi connectivity index (χ1) is 12.3. The normalized spacial score (nSPS) is 11.0. The lowest BCUT2D eigenvalue weighted by Crippen LogP contribution is -2.22. The van der Waals surface area contributed by atoms with Gasteiger partial charge in [-0.15, -0.1) is 22.7 Å². The quantitative estimate of drug-likeness (QED) is 0.550. The molecule has 1 amide bonds. The predicted octanol–water partition coefficient (Wildman–Crippen LogP) is 4.37. The number of benzene rings is 1. The Morgan fingerprint density at radius 2 is 2.00 bits per heavy atom. The molecule has 0 saturated heterocycles. The molecule has 0 saturated carbocycles. The molecule has 4 nitrogen and oxygen atoms in total. The fourth-order valence-electron chi connectivity index (χ4n) is 2.69. The van der Waals surface area contributed by atoms with E-state index in [1.54, 1.807) is 22.7 Å². The second-order valence-electron chi connectivity index (χ2n) is 5.73. The Morgan fingerprint density at radius 1 is 1.12 bits per heavy atom. The zero-order valence-corrected chi connectivity index (χ0v) is 15.1. The first-order valence-electron chi connectivity index (χ1n) is 8.09. The molecule has 4 rings (SSSR count). The lowest BCUT2D eigenvalue weighted by molar-refractivity contribution is -0.121. The molecule has 25 heavy (non-hydrogen) atoms. The van der Waals surface area contributed by atoms with E-state index in [0.717, 1.165) is 21.9 Å². The monoisotopic (exact) mass is 367 g/mol. The lowest BCUT2D eigenvalue weighted by atomic mass is 10.2. The van der Waals surface area contributed by atoms with E-state index in [1.165, 1.54) is 4.88 Å². The second kappa shape index (κ2) is 7.21. The smallest absolute Gasteiger partial charge is 0.220 e. The summed E-state index contributed by atoms with van der Waals surface area (Å²) in [7, 11) is 0. The summed E-state index contributed by atoms with van der Waals surface area (Å²) in [4.78, 5) is 18.9. The Hall–Kier alpha value is -2.44. The van der Waals surface area contributed by atoms with Crippen LogP contribution in [-0.2, 0) is 17.8 Å². The van der Waals surface area contributed by atoms with Gasteiger partial charge in [0.25, 0.3) is 0 Å². The third-order valence-corrected chi connectivity index (χ3v) is 5.77. The van der Waals surface area contributed by atoms with Crippen molar-refractivity contribution in [2.75, 3.05) is 0 Å². The largest absolute Gasteiger partial charge is 0.351 e. The van der Waals surface area contributed by atoms with Crippen LogP contribution in [0.5, 0.6) is 0 Å². The number of nitrogens with one attached hydrogen (secondary N) is 1. The van der Waals surface area contributed by atoms with Crippen LogP contribution in [0.25, 0.3) is 16.2 Å². The van der Waals surface area contributed by atoms with Crippen LogP contribution < -0.4 is 5.32 Å². The van der Waals surface area contributed by atoms with Gasteiger partial charge in [-0.3, -0.25) is 9.20 Å². The van der Waals surface area contributed by atoms with Gasteiger partial charge in [0.2, 0.25) is 5.91 Å². The number of amides is 1. The van der Waals surface area contributed by atoms with Crippen molar-refractivity contribution in [3.63, 3.8) is 0 Å². The fourth-order valence-corrected chi connectivity index (χ4v) is 4.24. The molecule has 1 aromatic carbocycles. The van der Waals surface area contributed by atoms with Crippen LogP contribution in [-0.4, -0.2) is 15.3 Å². The molecule has 0 aliphatic heterocycles. The number of aryl methyl sites for hydroxylation is 1. The molecule has 3 aromatic heterocycles. The third-order valence-electron chi connectivity index (χ3n) is 4.00. The van der Waals surface area contributed by atoms with Crippen molar-refractivity contribution in [2.45, 2.75) is 19.4 Å². The molecule has 0 unspecified atom stereocenters. The van der Waals surface area contributed by atoms with E-state index in [2.05, 4.69) is 38.4 Å². The summed E-state index contributed by atoms with van der Waals surface area (Å²) >= 11 is 3.27. The summed E-state index contributed by atoms with van der Waals surface area (Å²) in [5.74, 6) is 0.0798. The zero-order valence-electron chi connectivity index (χ0n) is 13.5. The van der Waals surface area contributed by atoms with Crippen LogP contribution in [0.2, 0.25) is 0 Å². The molecule has 0 atom stereocenters. The first kappa shape index (κ1) is 16.1. The SMILES string of the molecule is O=C(CCc1csc2nc(-c3ccccc3)cn12)NCc1cccs1. The standard InChI is InChI=1S/C19H17N3OS2/c23-18(20-11-16-7-4-10-24-16)9-8-15-13-25-19-21-17(12-22(15)19)14-5-2-1-3-6-14/h1-7,10,12-13H,8-9,11H2,(H,20,23). The summed E-state index contributed by atoms with van der Waals surface area (Å²) < 4.78 is 2.10. The Morgan fingerprint density at radius 3 is 2.80 bits per heavy atom. The van der Waals surface area contributed by atoms with Gasteiger partial charge in [0.15, 0.2) is 4.96 Å². The second-order valence-corrected chi connectivity index (χ2v) is 7.60. The number of carbonyl (C=O) groups excluding carboxylic acids is 1. The predicted molar refractivity (Wildman–Crippen MR) is 103 cm³/mol. The van der Waals surface area contributed by atoms with E-state index in [1.807, 2.05) is 35.7 Å². The van der Waals surface area contributed by atoms with E-state index in [4.69, 9.17) is 0 Å². The Labute approximate surface area is 153 Å². The average molecular weight is 367 g/mol. The van der Waals surface area contributed by atoms with Gasteiger partial charge in [0, 0.05) is 34.1 Å². The molecule has 0 bridgehead atoms. The molecule has 1 N–H and O–H groups in total. The number of carbonyl (C=O) groups is 1. The van der Waals surface area contributed by atoms with E-state index < -0.39 is 0 Å². The van der Waals surface area contributed by atoms with Crippen molar-refractivity contribution in [1.29, 1.82) is 0 Å². The topological polar surface area (TPSA) is 46.4 Å². The number of nitrogens with zero attached hydrogens (tertiary/aromatic N) is 2. The highest BCUT2D eigenvalue weighted by Crippen LogP contribution is 2.24. The minimum atomic E-state index is 0.0798. The molecule has 0 spiro atoms. The number of fused-ring (bicyclic) bond motifs is 1. The average Bonchev–Trinajstić information content (AvgIpc) is 3.36. The van der Waals surface area contributed by atoms with Gasteiger partial charge in [-0.25, -0.2) is 4.98 Å². The Balaban J connectivity index is 1.41. The number of thiazole rings is 1. The summed E-state index contributed by atoms with van der Waals surface area (Å²) in [6.45, 7) is 0.610. The molecule has 3 heterocycles. The highest BCUT2D eigenvalue weighted by Gasteiger charge is 2.11. The molecule has 0 aliphatic rings. The molecule has 126 valence electrons. The van der Waals surface area contributed by atoms with Gasteiger partial charge in [-0.05, 0) is 17.9 Å². The molecule has 0 fully saturated rings. The minimum absolute atomic E-state index is 0.0798. The maximum Gasteiger partial charge on any atom is 0.220 e. The first-order valence-corrected chi connectivity index (χ1v) is 9.85. The van der Waals surface area contributed by atoms with Gasteiger partial charge < -0.3 is 5.32 Å². The number of hydrogen-bond donors (Lipinski definition) is 1. The third kappa shape index (κ3) is 3.65. The van der Waals surface area contributed by atoms with Crippen LogP contribution >= 0.6 is 22.7 Å². The van der Waals surface area contributed by atoms with E-state index in [-0.39, 0.29) is 5.91 Å². The summed E-state index contributed by atoms with van der Waals surface area (Å²) in [5, 5.41) is 7.08. The number of rotatable bonds is 6. The highest BCUT2D eigenvalue weighted by atomic mass is 32.1. The maximum atomic E-state index is 12.1. The lowest BCUT2D eigenvalue weighted by Gasteiger charge is -2.03. The van der Waals surface area contributed by atoms with Crippen molar-refractivity contribution < 1.29 is 4.79 Å². The summed E-state index contributed by atoms with van der Waals surface area (Å²) in [6, 6.07) is 14.2. The Kier molecular flexibility index (Phi) is 4.63. The summed E-state index contributed by atoms with van der Waals surface area (Å²) in [5.41, 5.74) is 3.20. The van der Waals surface area contributed by atoms with Gasteiger partial charge in [-0.1, -0.05) is 36.4 Å². The van der Waals surface area contributed by atoms with Crippen LogP contribution in [0.15, 0.2) is 59.4 Å².